The van der Waals surface area contributed by atoms with Gasteiger partial charge in [-0.1, -0.05) is 30.3 Å². The van der Waals surface area contributed by atoms with Gasteiger partial charge in [0.25, 0.3) is 0 Å². The average Bonchev–Trinajstić information content (AvgIpc) is 3.46. The molecule has 2 aromatic carbocycles. The Labute approximate surface area is 187 Å². The minimum absolute atomic E-state index is 0.220. The predicted octanol–water partition coefficient (Wildman–Crippen LogP) is 4.91. The van der Waals surface area contributed by atoms with Crippen molar-refractivity contribution in [1.82, 2.24) is 19.5 Å². The summed E-state index contributed by atoms with van der Waals surface area (Å²) >= 11 is 0. The smallest absolute Gasteiger partial charge is 0.156 e. The fourth-order valence-corrected chi connectivity index (χ4v) is 4.18. The first kappa shape index (κ1) is 20.6. The Morgan fingerprint density at radius 3 is 2.59 bits per heavy atom. The molecule has 1 saturated heterocycles. The van der Waals surface area contributed by atoms with Crippen molar-refractivity contribution in [2.75, 3.05) is 26.2 Å². The van der Waals surface area contributed by atoms with Gasteiger partial charge in [-0.2, -0.15) is 5.10 Å². The summed E-state index contributed by atoms with van der Waals surface area (Å²) in [6.45, 7) is 5.84. The van der Waals surface area contributed by atoms with E-state index < -0.39 is 0 Å². The van der Waals surface area contributed by atoms with E-state index in [1.165, 1.54) is 25.9 Å². The first-order valence-corrected chi connectivity index (χ1v) is 11.2. The second kappa shape index (κ2) is 9.09. The molecule has 4 aromatic rings. The van der Waals surface area contributed by atoms with E-state index in [9.17, 15) is 4.39 Å². The second-order valence-electron chi connectivity index (χ2n) is 8.39. The first-order chi connectivity index (χ1) is 15.7. The van der Waals surface area contributed by atoms with E-state index in [0.29, 0.717) is 12.0 Å². The molecule has 3 heterocycles. The summed E-state index contributed by atoms with van der Waals surface area (Å²) in [4.78, 5) is 7.12. The van der Waals surface area contributed by atoms with Crippen LogP contribution in [0.1, 0.15) is 29.8 Å². The Morgan fingerprint density at radius 1 is 1.00 bits per heavy atom. The molecule has 6 heteroatoms. The Hall–Kier alpha value is -3.25. The normalized spacial score (nSPS) is 14.3. The van der Waals surface area contributed by atoms with Gasteiger partial charge >= 0.3 is 0 Å². The summed E-state index contributed by atoms with van der Waals surface area (Å²) in [7, 11) is 0. The molecule has 1 aliphatic rings. The van der Waals surface area contributed by atoms with Crippen molar-refractivity contribution in [1.29, 1.82) is 0 Å². The molecule has 1 fully saturated rings. The standard InChI is InChI=1S/C26H27FN4O/c1-19-7-10-21(18-23(19)27)24-5-4-6-26-28-25(29-31(24)26)17-20-8-11-22(12-9-20)32-16-15-30-13-2-3-14-30/h4-12,18H,2-3,13-17H2,1H3. The lowest BCUT2D eigenvalue weighted by atomic mass is 10.1. The monoisotopic (exact) mass is 430 g/mol. The molecule has 2 aromatic heterocycles. The number of pyridine rings is 1. The summed E-state index contributed by atoms with van der Waals surface area (Å²) in [5.41, 5.74) is 4.10. The SMILES string of the molecule is Cc1ccc(-c2cccc3nc(Cc4ccc(OCCN5CCCC5)cc4)nn23)cc1F. The van der Waals surface area contributed by atoms with E-state index in [0.717, 1.165) is 47.2 Å². The molecule has 0 atom stereocenters. The molecule has 0 aliphatic carbocycles. The summed E-state index contributed by atoms with van der Waals surface area (Å²) in [5.74, 6) is 1.40. The number of fused-ring (bicyclic) bond motifs is 1. The fraction of sp³-hybridized carbons (Fsp3) is 0.308. The third-order valence-corrected chi connectivity index (χ3v) is 6.03. The summed E-state index contributed by atoms with van der Waals surface area (Å²) in [5, 5.41) is 4.70. The van der Waals surface area contributed by atoms with Gasteiger partial charge in [-0.15, -0.1) is 0 Å². The van der Waals surface area contributed by atoms with Crippen LogP contribution in [0.4, 0.5) is 4.39 Å². The third-order valence-electron chi connectivity index (χ3n) is 6.03. The van der Waals surface area contributed by atoms with E-state index in [1.54, 1.807) is 23.6 Å². The van der Waals surface area contributed by atoms with Gasteiger partial charge in [-0.05, 0) is 74.3 Å². The van der Waals surface area contributed by atoms with Gasteiger partial charge < -0.3 is 4.74 Å². The van der Waals surface area contributed by atoms with Crippen LogP contribution in [0.2, 0.25) is 0 Å². The largest absolute Gasteiger partial charge is 0.492 e. The Morgan fingerprint density at radius 2 is 1.81 bits per heavy atom. The van der Waals surface area contributed by atoms with E-state index >= 15 is 0 Å². The number of likely N-dealkylation sites (tertiary alicyclic amines) is 1. The lowest BCUT2D eigenvalue weighted by molar-refractivity contribution is 0.238. The summed E-state index contributed by atoms with van der Waals surface area (Å²) in [6, 6.07) is 19.2. The molecule has 0 radical (unpaired) electrons. The highest BCUT2D eigenvalue weighted by molar-refractivity contribution is 5.63. The number of halogens is 1. The fourth-order valence-electron chi connectivity index (χ4n) is 4.18. The number of hydrogen-bond acceptors (Lipinski definition) is 4. The molecule has 0 bridgehead atoms. The van der Waals surface area contributed by atoms with Gasteiger partial charge in [0.05, 0.1) is 5.69 Å². The van der Waals surface area contributed by atoms with Crippen molar-refractivity contribution in [2.24, 2.45) is 0 Å². The van der Waals surface area contributed by atoms with Crippen LogP contribution in [-0.4, -0.2) is 45.7 Å². The molecule has 0 unspecified atom stereocenters. The number of nitrogens with zero attached hydrogens (tertiary/aromatic N) is 4. The number of benzene rings is 2. The topological polar surface area (TPSA) is 42.7 Å². The van der Waals surface area contributed by atoms with Crippen molar-refractivity contribution in [3.05, 3.63) is 83.4 Å². The van der Waals surface area contributed by atoms with E-state index in [-0.39, 0.29) is 5.82 Å². The van der Waals surface area contributed by atoms with Crippen LogP contribution in [-0.2, 0) is 6.42 Å². The van der Waals surface area contributed by atoms with Crippen LogP contribution in [0.25, 0.3) is 16.9 Å². The van der Waals surface area contributed by atoms with E-state index in [4.69, 9.17) is 9.84 Å². The van der Waals surface area contributed by atoms with Gasteiger partial charge in [0.1, 0.15) is 18.2 Å². The van der Waals surface area contributed by atoms with Crippen LogP contribution < -0.4 is 4.74 Å². The zero-order valence-corrected chi connectivity index (χ0v) is 18.3. The molecule has 0 spiro atoms. The number of ether oxygens (including phenoxy) is 1. The van der Waals surface area contributed by atoms with Crippen molar-refractivity contribution in [2.45, 2.75) is 26.2 Å². The molecular formula is C26H27FN4O. The average molecular weight is 431 g/mol. The van der Waals surface area contributed by atoms with Crippen molar-refractivity contribution in [3.63, 3.8) is 0 Å². The quantitative estimate of drug-likeness (QED) is 0.418. The molecule has 5 nitrogen and oxygen atoms in total. The lowest BCUT2D eigenvalue weighted by Gasteiger charge is -2.14. The number of rotatable bonds is 7. The zero-order valence-electron chi connectivity index (χ0n) is 18.3. The molecule has 5 rings (SSSR count). The van der Waals surface area contributed by atoms with Gasteiger partial charge in [0.15, 0.2) is 11.5 Å². The van der Waals surface area contributed by atoms with E-state index in [1.807, 2.05) is 36.4 Å². The van der Waals surface area contributed by atoms with Crippen LogP contribution >= 0.6 is 0 Å². The highest BCUT2D eigenvalue weighted by Gasteiger charge is 2.12. The molecule has 0 N–H and O–H groups in total. The zero-order chi connectivity index (χ0) is 21.9. The van der Waals surface area contributed by atoms with Crippen molar-refractivity contribution >= 4 is 5.65 Å². The first-order valence-electron chi connectivity index (χ1n) is 11.2. The highest BCUT2D eigenvalue weighted by atomic mass is 19.1. The maximum absolute atomic E-state index is 14.1. The molecule has 32 heavy (non-hydrogen) atoms. The number of aryl methyl sites for hydroxylation is 1. The van der Waals surface area contributed by atoms with Gasteiger partial charge in [0, 0.05) is 18.5 Å². The second-order valence-corrected chi connectivity index (χ2v) is 8.39. The lowest BCUT2D eigenvalue weighted by Crippen LogP contribution is -2.25. The molecule has 0 saturated carbocycles. The minimum Gasteiger partial charge on any atom is -0.492 e. The van der Waals surface area contributed by atoms with Crippen LogP contribution in [0.15, 0.2) is 60.7 Å². The Balaban J connectivity index is 1.28. The molecule has 1 aliphatic heterocycles. The molecule has 164 valence electrons. The Kier molecular flexibility index (Phi) is 5.86. The maximum atomic E-state index is 14.1. The van der Waals surface area contributed by atoms with Gasteiger partial charge in [0.2, 0.25) is 0 Å². The third kappa shape index (κ3) is 4.50. The predicted molar refractivity (Wildman–Crippen MR) is 124 cm³/mol. The van der Waals surface area contributed by atoms with Crippen molar-refractivity contribution < 1.29 is 9.13 Å². The molecule has 0 amide bonds. The highest BCUT2D eigenvalue weighted by Crippen LogP contribution is 2.23. The van der Waals surface area contributed by atoms with Crippen LogP contribution in [0.5, 0.6) is 5.75 Å². The summed E-state index contributed by atoms with van der Waals surface area (Å²) < 4.78 is 21.8. The van der Waals surface area contributed by atoms with Crippen LogP contribution in [0, 0.1) is 12.7 Å². The summed E-state index contributed by atoms with van der Waals surface area (Å²) in [6.07, 6.45) is 3.22. The number of hydrogen-bond donors (Lipinski definition) is 0. The Bertz CT molecular complexity index is 1210. The maximum Gasteiger partial charge on any atom is 0.156 e. The van der Waals surface area contributed by atoms with Gasteiger partial charge in [-0.25, -0.2) is 13.9 Å². The number of aromatic nitrogens is 3. The van der Waals surface area contributed by atoms with Crippen molar-refractivity contribution in [3.8, 4) is 17.0 Å². The van der Waals surface area contributed by atoms with Crippen LogP contribution in [0.3, 0.4) is 0 Å². The minimum atomic E-state index is -0.220. The molecular weight excluding hydrogens is 403 g/mol. The van der Waals surface area contributed by atoms with E-state index in [2.05, 4.69) is 22.0 Å². The van der Waals surface area contributed by atoms with Gasteiger partial charge in [-0.3, -0.25) is 4.90 Å².